The molecule has 1 fully saturated rings. The molecule has 4 aromatic rings. The van der Waals surface area contributed by atoms with Crippen LogP contribution in [0.25, 0.3) is 32.8 Å². The van der Waals surface area contributed by atoms with E-state index >= 15 is 0 Å². The van der Waals surface area contributed by atoms with Crippen molar-refractivity contribution in [3.63, 3.8) is 0 Å². The fourth-order valence-corrected chi connectivity index (χ4v) is 4.41. The zero-order valence-electron chi connectivity index (χ0n) is 17.9. The highest BCUT2D eigenvalue weighted by molar-refractivity contribution is 6.03. The Morgan fingerprint density at radius 1 is 0.970 bits per heavy atom. The summed E-state index contributed by atoms with van der Waals surface area (Å²) in [5.74, 6) is -2.96. The number of H-pyrrole nitrogens is 1. The molecule has 0 spiro atoms. The summed E-state index contributed by atoms with van der Waals surface area (Å²) in [4.78, 5) is 40.8. The van der Waals surface area contributed by atoms with Gasteiger partial charge in [0.05, 0.1) is 10.9 Å². The Morgan fingerprint density at radius 3 is 2.45 bits per heavy atom. The van der Waals surface area contributed by atoms with Crippen molar-refractivity contribution in [3.8, 4) is 11.1 Å². The van der Waals surface area contributed by atoms with Gasteiger partial charge in [0.15, 0.2) is 0 Å². The lowest BCUT2D eigenvalue weighted by atomic mass is 9.96. The van der Waals surface area contributed by atoms with Crippen LogP contribution in [-0.4, -0.2) is 39.4 Å². The molecule has 0 saturated carbocycles. The van der Waals surface area contributed by atoms with Gasteiger partial charge in [-0.3, -0.25) is 19.1 Å². The Hall–Kier alpha value is -3.81. The predicted molar refractivity (Wildman–Crippen MR) is 123 cm³/mol. The molecule has 1 aromatic heterocycles. The van der Waals surface area contributed by atoms with Gasteiger partial charge in [0, 0.05) is 38.5 Å². The Kier molecular flexibility index (Phi) is 4.88. The fourth-order valence-electron chi connectivity index (χ4n) is 4.41. The lowest BCUT2D eigenvalue weighted by molar-refractivity contribution is -0.0494. The number of aromatic amines is 1. The highest BCUT2D eigenvalue weighted by atomic mass is 19.3. The van der Waals surface area contributed by atoms with Crippen LogP contribution in [0.15, 0.2) is 64.2 Å². The molecule has 1 amide bonds. The van der Waals surface area contributed by atoms with E-state index in [0.717, 1.165) is 21.9 Å². The van der Waals surface area contributed by atoms with E-state index in [1.165, 1.54) is 9.47 Å². The van der Waals surface area contributed by atoms with E-state index in [0.29, 0.717) is 16.5 Å². The molecule has 1 aliphatic heterocycles. The molecule has 1 saturated heterocycles. The maximum absolute atomic E-state index is 13.4. The Bertz CT molecular complexity index is 1530. The number of rotatable bonds is 2. The molecule has 5 rings (SSSR count). The summed E-state index contributed by atoms with van der Waals surface area (Å²) in [6.45, 7) is 0.0811. The SMILES string of the molecule is Cn1c(=O)[nH]c(=O)c2ccc(-c3cccc4cc(C(=O)N5CCC(F)(F)CC5)ccc34)cc21. The number of hydrogen-bond donors (Lipinski definition) is 1. The molecule has 33 heavy (non-hydrogen) atoms. The third kappa shape index (κ3) is 3.71. The number of aryl methyl sites for hydroxylation is 1. The van der Waals surface area contributed by atoms with Gasteiger partial charge in [0.25, 0.3) is 17.4 Å². The van der Waals surface area contributed by atoms with Crippen LogP contribution in [0.3, 0.4) is 0 Å². The number of hydrogen-bond acceptors (Lipinski definition) is 3. The summed E-state index contributed by atoms with van der Waals surface area (Å²) >= 11 is 0. The molecule has 1 N–H and O–H groups in total. The minimum atomic E-state index is -2.71. The number of nitrogens with zero attached hydrogens (tertiary/aromatic N) is 2. The van der Waals surface area contributed by atoms with Crippen LogP contribution in [0.1, 0.15) is 23.2 Å². The van der Waals surface area contributed by atoms with Gasteiger partial charge in [-0.2, -0.15) is 0 Å². The minimum absolute atomic E-state index is 0.0405. The van der Waals surface area contributed by atoms with Crippen LogP contribution in [0.4, 0.5) is 8.78 Å². The summed E-state index contributed by atoms with van der Waals surface area (Å²) < 4.78 is 28.3. The summed E-state index contributed by atoms with van der Waals surface area (Å²) in [6, 6.07) is 16.3. The smallest absolute Gasteiger partial charge is 0.328 e. The topological polar surface area (TPSA) is 75.2 Å². The number of aromatic nitrogens is 2. The number of benzene rings is 3. The van der Waals surface area contributed by atoms with Crippen LogP contribution in [0, 0.1) is 0 Å². The summed E-state index contributed by atoms with van der Waals surface area (Å²) in [5, 5.41) is 2.15. The first-order chi connectivity index (χ1) is 15.7. The van der Waals surface area contributed by atoms with E-state index < -0.39 is 17.2 Å². The van der Waals surface area contributed by atoms with E-state index in [2.05, 4.69) is 4.98 Å². The second kappa shape index (κ2) is 7.65. The minimum Gasteiger partial charge on any atom is -0.338 e. The number of carbonyl (C=O) groups is 1. The molecule has 1 aliphatic rings. The van der Waals surface area contributed by atoms with Gasteiger partial charge < -0.3 is 4.90 Å². The van der Waals surface area contributed by atoms with Gasteiger partial charge in [0.1, 0.15) is 0 Å². The van der Waals surface area contributed by atoms with Gasteiger partial charge in [-0.25, -0.2) is 13.6 Å². The fraction of sp³-hybridized carbons (Fsp3) is 0.240. The molecule has 0 atom stereocenters. The number of piperidine rings is 1. The molecule has 2 heterocycles. The highest BCUT2D eigenvalue weighted by Crippen LogP contribution is 2.32. The molecule has 6 nitrogen and oxygen atoms in total. The molecule has 0 bridgehead atoms. The third-order valence-electron chi connectivity index (χ3n) is 6.35. The van der Waals surface area contributed by atoms with Crippen LogP contribution < -0.4 is 11.2 Å². The second-order valence-corrected chi connectivity index (χ2v) is 8.44. The number of fused-ring (bicyclic) bond motifs is 2. The van der Waals surface area contributed by atoms with Crippen molar-refractivity contribution < 1.29 is 13.6 Å². The van der Waals surface area contributed by atoms with Crippen LogP contribution >= 0.6 is 0 Å². The number of amides is 1. The van der Waals surface area contributed by atoms with Crippen molar-refractivity contribution >= 4 is 27.6 Å². The number of carbonyl (C=O) groups excluding carboxylic acids is 1. The standard InChI is InChI=1S/C25H21F2N3O3/c1-29-21-14-16(5-8-20(21)22(31)28-24(29)33)18-4-2-3-15-13-17(6-7-19(15)18)23(32)30-11-9-25(26,27)10-12-30/h2-8,13-14H,9-12H2,1H3,(H,28,31,33). The number of halogens is 2. The Morgan fingerprint density at radius 2 is 1.70 bits per heavy atom. The van der Waals surface area contributed by atoms with E-state index in [9.17, 15) is 23.2 Å². The average Bonchev–Trinajstić information content (AvgIpc) is 2.81. The van der Waals surface area contributed by atoms with Gasteiger partial charge >= 0.3 is 5.69 Å². The van der Waals surface area contributed by atoms with Gasteiger partial charge in [0.2, 0.25) is 0 Å². The maximum Gasteiger partial charge on any atom is 0.328 e. The third-order valence-corrected chi connectivity index (χ3v) is 6.35. The van der Waals surface area contributed by atoms with E-state index in [1.54, 1.807) is 31.3 Å². The van der Waals surface area contributed by atoms with Crippen molar-refractivity contribution in [2.45, 2.75) is 18.8 Å². The first kappa shape index (κ1) is 21.1. The zero-order valence-corrected chi connectivity index (χ0v) is 17.9. The van der Waals surface area contributed by atoms with Gasteiger partial charge in [-0.05, 0) is 46.2 Å². The van der Waals surface area contributed by atoms with E-state index in [1.807, 2.05) is 30.3 Å². The summed E-state index contributed by atoms with van der Waals surface area (Å²) in [5.41, 5.74) is 1.77. The molecular formula is C25H21F2N3O3. The number of nitrogens with one attached hydrogen (secondary N) is 1. The van der Waals surface area contributed by atoms with Crippen molar-refractivity contribution in [3.05, 3.63) is 81.0 Å². The van der Waals surface area contributed by atoms with Crippen molar-refractivity contribution in [1.29, 1.82) is 0 Å². The quantitative estimate of drug-likeness (QED) is 0.504. The summed E-state index contributed by atoms with van der Waals surface area (Å²) in [6.07, 6.45) is -0.631. The van der Waals surface area contributed by atoms with E-state index in [-0.39, 0.29) is 31.8 Å². The number of alkyl halides is 2. The predicted octanol–water partition coefficient (Wildman–Crippen LogP) is 3.92. The van der Waals surface area contributed by atoms with Crippen molar-refractivity contribution in [1.82, 2.24) is 14.5 Å². The first-order valence-electron chi connectivity index (χ1n) is 10.7. The zero-order chi connectivity index (χ0) is 23.3. The molecule has 0 unspecified atom stereocenters. The second-order valence-electron chi connectivity index (χ2n) is 8.44. The van der Waals surface area contributed by atoms with Crippen LogP contribution in [0.2, 0.25) is 0 Å². The van der Waals surface area contributed by atoms with Gasteiger partial charge in [-0.15, -0.1) is 0 Å². The molecule has 8 heteroatoms. The molecule has 168 valence electrons. The lowest BCUT2D eigenvalue weighted by Gasteiger charge is -2.31. The van der Waals surface area contributed by atoms with Crippen LogP contribution in [-0.2, 0) is 7.05 Å². The average molecular weight is 449 g/mol. The van der Waals surface area contributed by atoms with E-state index in [4.69, 9.17) is 0 Å². The lowest BCUT2D eigenvalue weighted by Crippen LogP contribution is -2.42. The van der Waals surface area contributed by atoms with Crippen LogP contribution in [0.5, 0.6) is 0 Å². The molecule has 0 radical (unpaired) electrons. The maximum atomic E-state index is 13.4. The first-order valence-corrected chi connectivity index (χ1v) is 10.7. The normalized spacial score (nSPS) is 15.8. The Labute approximate surface area is 187 Å². The monoisotopic (exact) mass is 449 g/mol. The highest BCUT2D eigenvalue weighted by Gasteiger charge is 2.35. The Balaban J connectivity index is 1.55. The molecule has 3 aromatic carbocycles. The van der Waals surface area contributed by atoms with Crippen molar-refractivity contribution in [2.75, 3.05) is 13.1 Å². The number of likely N-dealkylation sites (tertiary alicyclic amines) is 1. The molecule has 0 aliphatic carbocycles. The summed E-state index contributed by atoms with van der Waals surface area (Å²) in [7, 11) is 1.60. The largest absolute Gasteiger partial charge is 0.338 e. The van der Waals surface area contributed by atoms with Crippen molar-refractivity contribution in [2.24, 2.45) is 7.05 Å². The molecular weight excluding hydrogens is 428 g/mol. The van der Waals surface area contributed by atoms with Gasteiger partial charge in [-0.1, -0.05) is 30.3 Å².